The summed E-state index contributed by atoms with van der Waals surface area (Å²) < 4.78 is 5.20. The van der Waals surface area contributed by atoms with Gasteiger partial charge in [-0.3, -0.25) is 9.69 Å². The van der Waals surface area contributed by atoms with Gasteiger partial charge in [0.15, 0.2) is 0 Å². The molecule has 0 spiro atoms. The fraction of sp³-hybridized carbons (Fsp3) is 0.500. The van der Waals surface area contributed by atoms with Crippen LogP contribution in [0.5, 0.6) is 5.75 Å². The Hall–Kier alpha value is -2.06. The lowest BCUT2D eigenvalue weighted by atomic mass is 10.1. The smallest absolute Gasteiger partial charge is 0.236 e. The Morgan fingerprint density at radius 2 is 2.14 bits per heavy atom. The lowest BCUT2D eigenvalue weighted by Gasteiger charge is -2.21. The first kappa shape index (κ1) is 15.3. The van der Waals surface area contributed by atoms with Crippen LogP contribution in [0.2, 0.25) is 0 Å². The van der Waals surface area contributed by atoms with Crippen LogP contribution in [0, 0.1) is 11.3 Å². The molecule has 1 aliphatic rings. The van der Waals surface area contributed by atoms with Crippen molar-refractivity contribution >= 4 is 5.91 Å². The number of amides is 1. The van der Waals surface area contributed by atoms with Crippen LogP contribution in [0.1, 0.15) is 24.0 Å². The Labute approximate surface area is 125 Å². The van der Waals surface area contributed by atoms with Gasteiger partial charge in [0.2, 0.25) is 5.91 Å². The van der Waals surface area contributed by atoms with Crippen molar-refractivity contribution in [1.29, 1.82) is 5.26 Å². The second-order valence-corrected chi connectivity index (χ2v) is 5.41. The molecule has 0 aliphatic carbocycles. The van der Waals surface area contributed by atoms with Crippen LogP contribution in [0.4, 0.5) is 0 Å². The number of likely N-dealkylation sites (tertiary alicyclic amines) is 1. The summed E-state index contributed by atoms with van der Waals surface area (Å²) in [6.45, 7) is 2.85. The van der Waals surface area contributed by atoms with Crippen molar-refractivity contribution in [2.24, 2.45) is 0 Å². The Morgan fingerprint density at radius 1 is 1.43 bits per heavy atom. The number of hydrogen-bond donors (Lipinski definition) is 0. The number of ether oxygens (including phenoxy) is 1. The van der Waals surface area contributed by atoms with Gasteiger partial charge in [-0.15, -0.1) is 0 Å². The molecule has 112 valence electrons. The number of nitriles is 1. The van der Waals surface area contributed by atoms with E-state index >= 15 is 0 Å². The first-order valence-corrected chi connectivity index (χ1v) is 7.17. The number of benzene rings is 1. The number of methoxy groups -OCH3 is 1. The van der Waals surface area contributed by atoms with Crippen molar-refractivity contribution < 1.29 is 9.53 Å². The zero-order valence-electron chi connectivity index (χ0n) is 12.6. The van der Waals surface area contributed by atoms with Crippen LogP contribution in [0.15, 0.2) is 18.2 Å². The number of carbonyl (C=O) groups is 1. The number of likely N-dealkylation sites (N-methyl/N-ethyl adjacent to an activating group) is 1. The lowest BCUT2D eigenvalue weighted by molar-refractivity contribution is -0.131. The van der Waals surface area contributed by atoms with E-state index in [0.717, 1.165) is 31.5 Å². The molecule has 1 heterocycles. The van der Waals surface area contributed by atoms with Gasteiger partial charge >= 0.3 is 0 Å². The zero-order chi connectivity index (χ0) is 15.2. The third kappa shape index (κ3) is 3.96. The SMILES string of the molecule is COc1cc(CN(C)CC(=O)N2CCCC2)ccc1C#N. The van der Waals surface area contributed by atoms with Crippen molar-refractivity contribution in [3.63, 3.8) is 0 Å². The van der Waals surface area contributed by atoms with Crippen molar-refractivity contribution in [2.75, 3.05) is 33.8 Å². The molecule has 5 heteroatoms. The van der Waals surface area contributed by atoms with E-state index in [9.17, 15) is 4.79 Å². The summed E-state index contributed by atoms with van der Waals surface area (Å²) in [6.07, 6.45) is 2.23. The van der Waals surface area contributed by atoms with Crippen LogP contribution in [0.25, 0.3) is 0 Å². The molecule has 1 aromatic carbocycles. The summed E-state index contributed by atoms with van der Waals surface area (Å²) in [6, 6.07) is 7.61. The number of carbonyl (C=O) groups excluding carboxylic acids is 1. The summed E-state index contributed by atoms with van der Waals surface area (Å²) in [7, 11) is 3.49. The Bertz CT molecular complexity index is 545. The molecule has 0 aromatic heterocycles. The summed E-state index contributed by atoms with van der Waals surface area (Å²) >= 11 is 0. The molecule has 0 N–H and O–H groups in total. The van der Waals surface area contributed by atoms with Crippen LogP contribution in [0.3, 0.4) is 0 Å². The van der Waals surface area contributed by atoms with Crippen molar-refractivity contribution in [2.45, 2.75) is 19.4 Å². The predicted octanol–water partition coefficient (Wildman–Crippen LogP) is 1.62. The second-order valence-electron chi connectivity index (χ2n) is 5.41. The summed E-state index contributed by atoms with van der Waals surface area (Å²) in [5, 5.41) is 8.97. The van der Waals surface area contributed by atoms with Gasteiger partial charge in [0.05, 0.1) is 19.2 Å². The fourth-order valence-electron chi connectivity index (χ4n) is 2.59. The molecule has 1 amide bonds. The minimum atomic E-state index is 0.190. The first-order chi connectivity index (χ1) is 10.1. The molecule has 1 aromatic rings. The molecule has 0 saturated carbocycles. The van der Waals surface area contributed by atoms with E-state index in [1.165, 1.54) is 0 Å². The Kier molecular flexibility index (Phi) is 5.18. The van der Waals surface area contributed by atoms with Crippen molar-refractivity contribution in [1.82, 2.24) is 9.80 Å². The van der Waals surface area contributed by atoms with E-state index in [1.807, 2.05) is 29.0 Å². The summed E-state index contributed by atoms with van der Waals surface area (Å²) in [5.41, 5.74) is 1.56. The molecule has 21 heavy (non-hydrogen) atoms. The van der Waals surface area contributed by atoms with Gasteiger partial charge in [0.25, 0.3) is 0 Å². The largest absolute Gasteiger partial charge is 0.495 e. The molecular formula is C16H21N3O2. The van der Waals surface area contributed by atoms with E-state index in [-0.39, 0.29) is 5.91 Å². The van der Waals surface area contributed by atoms with E-state index < -0.39 is 0 Å². The monoisotopic (exact) mass is 287 g/mol. The van der Waals surface area contributed by atoms with Crippen LogP contribution in [-0.2, 0) is 11.3 Å². The van der Waals surface area contributed by atoms with Gasteiger partial charge in [-0.25, -0.2) is 0 Å². The Balaban J connectivity index is 1.94. The van der Waals surface area contributed by atoms with Crippen molar-refractivity contribution in [3.05, 3.63) is 29.3 Å². The molecule has 1 saturated heterocycles. The standard InChI is InChI=1S/C16H21N3O2/c1-18(12-16(20)19-7-3-4-8-19)11-13-5-6-14(10-17)15(9-13)21-2/h5-6,9H,3-4,7-8,11-12H2,1-2H3. The molecular weight excluding hydrogens is 266 g/mol. The molecule has 2 rings (SSSR count). The minimum Gasteiger partial charge on any atom is -0.495 e. The van der Waals surface area contributed by atoms with Gasteiger partial charge in [0.1, 0.15) is 11.8 Å². The molecule has 0 unspecified atom stereocenters. The summed E-state index contributed by atoms with van der Waals surface area (Å²) in [4.78, 5) is 16.0. The highest BCUT2D eigenvalue weighted by atomic mass is 16.5. The molecule has 0 radical (unpaired) electrons. The molecule has 1 fully saturated rings. The fourth-order valence-corrected chi connectivity index (χ4v) is 2.59. The molecule has 1 aliphatic heterocycles. The lowest BCUT2D eigenvalue weighted by Crippen LogP contribution is -2.36. The number of rotatable bonds is 5. The van der Waals surface area contributed by atoms with Gasteiger partial charge < -0.3 is 9.64 Å². The zero-order valence-corrected chi connectivity index (χ0v) is 12.6. The normalized spacial score (nSPS) is 14.3. The predicted molar refractivity (Wildman–Crippen MR) is 79.9 cm³/mol. The number of nitrogens with zero attached hydrogens (tertiary/aromatic N) is 3. The van der Waals surface area contributed by atoms with E-state index in [1.54, 1.807) is 13.2 Å². The van der Waals surface area contributed by atoms with Crippen LogP contribution in [-0.4, -0.2) is 49.5 Å². The highest BCUT2D eigenvalue weighted by Gasteiger charge is 2.19. The third-order valence-electron chi connectivity index (χ3n) is 3.70. The van der Waals surface area contributed by atoms with E-state index in [2.05, 4.69) is 6.07 Å². The quantitative estimate of drug-likeness (QED) is 0.826. The van der Waals surface area contributed by atoms with Gasteiger partial charge in [-0.05, 0) is 37.6 Å². The van der Waals surface area contributed by atoms with E-state index in [4.69, 9.17) is 10.00 Å². The topological polar surface area (TPSA) is 56.6 Å². The van der Waals surface area contributed by atoms with Gasteiger partial charge in [-0.2, -0.15) is 5.26 Å². The van der Waals surface area contributed by atoms with Gasteiger partial charge in [-0.1, -0.05) is 6.07 Å². The number of hydrogen-bond acceptors (Lipinski definition) is 4. The average Bonchev–Trinajstić information content (AvgIpc) is 3.01. The minimum absolute atomic E-state index is 0.190. The highest BCUT2D eigenvalue weighted by molar-refractivity contribution is 5.78. The third-order valence-corrected chi connectivity index (χ3v) is 3.70. The van der Waals surface area contributed by atoms with E-state index in [0.29, 0.717) is 24.4 Å². The maximum atomic E-state index is 12.1. The van der Waals surface area contributed by atoms with Crippen LogP contribution >= 0.6 is 0 Å². The molecule has 0 atom stereocenters. The van der Waals surface area contributed by atoms with Crippen LogP contribution < -0.4 is 4.74 Å². The second kappa shape index (κ2) is 7.09. The summed E-state index contributed by atoms with van der Waals surface area (Å²) in [5.74, 6) is 0.768. The van der Waals surface area contributed by atoms with Gasteiger partial charge in [0, 0.05) is 19.6 Å². The Morgan fingerprint density at radius 3 is 2.76 bits per heavy atom. The maximum Gasteiger partial charge on any atom is 0.236 e. The average molecular weight is 287 g/mol. The first-order valence-electron chi connectivity index (χ1n) is 7.17. The highest BCUT2D eigenvalue weighted by Crippen LogP contribution is 2.20. The maximum absolute atomic E-state index is 12.1. The molecule has 0 bridgehead atoms. The van der Waals surface area contributed by atoms with Crippen molar-refractivity contribution in [3.8, 4) is 11.8 Å². The molecule has 5 nitrogen and oxygen atoms in total.